The Morgan fingerprint density at radius 1 is 1.35 bits per heavy atom. The molecule has 0 spiro atoms. The molecule has 0 radical (unpaired) electrons. The Kier molecular flexibility index (Phi) is 2.63. The largest absolute Gasteiger partial charge is 0.383 e. The molecule has 0 bridgehead atoms. The van der Waals surface area contributed by atoms with Gasteiger partial charge in [-0.15, -0.1) is 0 Å². The van der Waals surface area contributed by atoms with Crippen molar-refractivity contribution in [3.8, 4) is 11.3 Å². The predicted molar refractivity (Wildman–Crippen MR) is 58.4 cm³/mol. The van der Waals surface area contributed by atoms with Gasteiger partial charge in [0.25, 0.3) is 0 Å². The highest BCUT2D eigenvalue weighted by Gasteiger charge is 2.16. The van der Waals surface area contributed by atoms with E-state index in [4.69, 9.17) is 5.73 Å². The molecule has 0 aliphatic heterocycles. The van der Waals surface area contributed by atoms with Crippen LogP contribution in [-0.4, -0.2) is 16.1 Å². The minimum absolute atomic E-state index is 0.165. The molecule has 6 heteroatoms. The number of carbonyl (C=O) groups excluding carboxylic acids is 1. The molecule has 2 rings (SSSR count). The Bertz CT molecular complexity index is 593. The molecule has 0 aliphatic carbocycles. The Morgan fingerprint density at radius 2 is 2.06 bits per heavy atom. The number of halogens is 2. The van der Waals surface area contributed by atoms with Crippen LogP contribution in [-0.2, 0) is 7.05 Å². The number of carbonyl (C=O) groups is 1. The summed E-state index contributed by atoms with van der Waals surface area (Å²) < 4.78 is 27.2. The molecule has 2 aromatic rings. The third kappa shape index (κ3) is 1.77. The van der Waals surface area contributed by atoms with Crippen LogP contribution in [0.15, 0.2) is 18.2 Å². The first kappa shape index (κ1) is 11.3. The molecule has 1 heterocycles. The minimum Gasteiger partial charge on any atom is -0.383 e. The summed E-state index contributed by atoms with van der Waals surface area (Å²) in [6.07, 6.45) is 0.541. The van der Waals surface area contributed by atoms with Crippen LogP contribution in [0.4, 0.5) is 14.6 Å². The van der Waals surface area contributed by atoms with E-state index in [1.165, 1.54) is 10.7 Å². The molecule has 0 saturated carbocycles. The lowest BCUT2D eigenvalue weighted by atomic mass is 10.1. The highest BCUT2D eigenvalue weighted by atomic mass is 19.2. The van der Waals surface area contributed by atoms with Crippen LogP contribution in [0.3, 0.4) is 0 Å². The van der Waals surface area contributed by atoms with E-state index < -0.39 is 11.6 Å². The molecule has 1 aromatic heterocycles. The smallest absolute Gasteiger partial charge is 0.159 e. The van der Waals surface area contributed by atoms with Crippen molar-refractivity contribution in [2.45, 2.75) is 0 Å². The maximum Gasteiger partial charge on any atom is 0.159 e. The minimum atomic E-state index is -0.997. The fourth-order valence-corrected chi connectivity index (χ4v) is 1.53. The number of nitrogen functional groups attached to an aromatic ring is 1. The van der Waals surface area contributed by atoms with Gasteiger partial charge in [-0.05, 0) is 18.2 Å². The quantitative estimate of drug-likeness (QED) is 0.809. The maximum atomic E-state index is 13.1. The molecule has 0 atom stereocenters. The first-order valence-electron chi connectivity index (χ1n) is 4.77. The van der Waals surface area contributed by atoms with Crippen LogP contribution in [0.25, 0.3) is 11.3 Å². The van der Waals surface area contributed by atoms with E-state index in [9.17, 15) is 13.6 Å². The van der Waals surface area contributed by atoms with Crippen LogP contribution >= 0.6 is 0 Å². The van der Waals surface area contributed by atoms with Crippen molar-refractivity contribution >= 4 is 12.1 Å². The van der Waals surface area contributed by atoms with E-state index in [2.05, 4.69) is 5.10 Å². The Balaban J connectivity index is 2.64. The van der Waals surface area contributed by atoms with Crippen LogP contribution in [0.2, 0.25) is 0 Å². The van der Waals surface area contributed by atoms with Crippen LogP contribution in [0.1, 0.15) is 10.4 Å². The number of rotatable bonds is 2. The van der Waals surface area contributed by atoms with E-state index >= 15 is 0 Å². The van der Waals surface area contributed by atoms with Crippen molar-refractivity contribution < 1.29 is 13.6 Å². The number of benzene rings is 1. The van der Waals surface area contributed by atoms with Crippen molar-refractivity contribution in [3.63, 3.8) is 0 Å². The zero-order chi connectivity index (χ0) is 12.6. The Hall–Kier alpha value is -2.24. The first-order chi connectivity index (χ1) is 8.04. The van der Waals surface area contributed by atoms with Crippen molar-refractivity contribution in [3.05, 3.63) is 35.4 Å². The van der Waals surface area contributed by atoms with Gasteiger partial charge in [-0.1, -0.05) is 0 Å². The van der Waals surface area contributed by atoms with Gasteiger partial charge in [0.1, 0.15) is 11.5 Å². The first-order valence-corrected chi connectivity index (χ1v) is 4.77. The van der Waals surface area contributed by atoms with Gasteiger partial charge in [0.15, 0.2) is 17.9 Å². The molecular formula is C11H9F2N3O. The number of aldehydes is 1. The molecule has 1 aromatic carbocycles. The fraction of sp³-hybridized carbons (Fsp3) is 0.0909. The monoisotopic (exact) mass is 237 g/mol. The molecule has 4 nitrogen and oxygen atoms in total. The predicted octanol–water partition coefficient (Wildman–Crippen LogP) is 1.76. The van der Waals surface area contributed by atoms with Gasteiger partial charge in [-0.3, -0.25) is 9.48 Å². The van der Waals surface area contributed by atoms with Gasteiger partial charge in [0.2, 0.25) is 0 Å². The zero-order valence-electron chi connectivity index (χ0n) is 8.95. The van der Waals surface area contributed by atoms with Crippen LogP contribution in [0.5, 0.6) is 0 Å². The summed E-state index contributed by atoms with van der Waals surface area (Å²) in [6, 6.07) is 3.29. The number of hydrogen-bond donors (Lipinski definition) is 1. The maximum absolute atomic E-state index is 13.1. The summed E-state index contributed by atoms with van der Waals surface area (Å²) in [5.41, 5.74) is 6.32. The van der Waals surface area contributed by atoms with Gasteiger partial charge in [-0.25, -0.2) is 8.78 Å². The standard InChI is InChI=1S/C11H9F2N3O/c1-16-11(14)7(5-17)10(15-16)6-2-3-8(12)9(13)4-6/h2-5H,14H2,1H3. The number of aromatic nitrogens is 2. The molecule has 17 heavy (non-hydrogen) atoms. The number of aryl methyl sites for hydroxylation is 1. The van der Waals surface area contributed by atoms with E-state index in [-0.39, 0.29) is 17.1 Å². The lowest BCUT2D eigenvalue weighted by Gasteiger charge is -1.99. The Labute approximate surface area is 95.7 Å². The lowest BCUT2D eigenvalue weighted by molar-refractivity contribution is 0.112. The summed E-state index contributed by atoms with van der Waals surface area (Å²) in [5.74, 6) is -1.77. The van der Waals surface area contributed by atoms with Crippen LogP contribution < -0.4 is 5.73 Å². The molecule has 0 fully saturated rings. The normalized spacial score (nSPS) is 10.5. The lowest BCUT2D eigenvalue weighted by Crippen LogP contribution is -1.98. The van der Waals surface area contributed by atoms with Crippen molar-refractivity contribution in [2.24, 2.45) is 7.05 Å². The zero-order valence-corrected chi connectivity index (χ0v) is 8.95. The van der Waals surface area contributed by atoms with Gasteiger partial charge in [-0.2, -0.15) is 5.10 Å². The molecular weight excluding hydrogens is 228 g/mol. The van der Waals surface area contributed by atoms with Crippen molar-refractivity contribution in [1.29, 1.82) is 0 Å². The number of anilines is 1. The third-order valence-electron chi connectivity index (χ3n) is 2.44. The second-order valence-electron chi connectivity index (χ2n) is 3.52. The highest BCUT2D eigenvalue weighted by molar-refractivity contribution is 5.91. The molecule has 0 saturated heterocycles. The second-order valence-corrected chi connectivity index (χ2v) is 3.52. The van der Waals surface area contributed by atoms with Gasteiger partial charge in [0, 0.05) is 12.6 Å². The Morgan fingerprint density at radius 3 is 2.65 bits per heavy atom. The number of hydrogen-bond acceptors (Lipinski definition) is 3. The van der Waals surface area contributed by atoms with Crippen molar-refractivity contribution in [2.75, 3.05) is 5.73 Å². The molecule has 2 N–H and O–H groups in total. The van der Waals surface area contributed by atoms with Crippen LogP contribution in [0, 0.1) is 11.6 Å². The molecule has 88 valence electrons. The average Bonchev–Trinajstić information content (AvgIpc) is 2.59. The second kappa shape index (κ2) is 3.97. The summed E-state index contributed by atoms with van der Waals surface area (Å²) in [7, 11) is 1.56. The molecule has 0 unspecified atom stereocenters. The number of nitrogens with two attached hydrogens (primary N) is 1. The number of nitrogens with zero attached hydrogens (tertiary/aromatic N) is 2. The highest BCUT2D eigenvalue weighted by Crippen LogP contribution is 2.26. The molecule has 0 amide bonds. The van der Waals surface area contributed by atoms with E-state index in [1.807, 2.05) is 0 Å². The summed E-state index contributed by atoms with van der Waals surface area (Å²) in [4.78, 5) is 10.9. The van der Waals surface area contributed by atoms with Crippen molar-refractivity contribution in [1.82, 2.24) is 9.78 Å². The summed E-state index contributed by atoms with van der Waals surface area (Å²) in [6.45, 7) is 0. The SMILES string of the molecule is Cn1nc(-c2ccc(F)c(F)c2)c(C=O)c1N. The third-order valence-corrected chi connectivity index (χ3v) is 2.44. The van der Waals surface area contributed by atoms with E-state index in [0.717, 1.165) is 12.1 Å². The van der Waals surface area contributed by atoms with Gasteiger partial charge >= 0.3 is 0 Å². The molecule has 0 aliphatic rings. The van der Waals surface area contributed by atoms with Gasteiger partial charge < -0.3 is 5.73 Å². The summed E-state index contributed by atoms with van der Waals surface area (Å²) >= 11 is 0. The fourth-order valence-electron chi connectivity index (χ4n) is 1.53. The van der Waals surface area contributed by atoms with E-state index in [0.29, 0.717) is 11.8 Å². The van der Waals surface area contributed by atoms with E-state index in [1.54, 1.807) is 7.05 Å². The average molecular weight is 237 g/mol. The summed E-state index contributed by atoms with van der Waals surface area (Å²) in [5, 5.41) is 3.99. The topological polar surface area (TPSA) is 60.9 Å². The van der Waals surface area contributed by atoms with Gasteiger partial charge in [0.05, 0.1) is 5.56 Å².